The summed E-state index contributed by atoms with van der Waals surface area (Å²) < 4.78 is 0. The summed E-state index contributed by atoms with van der Waals surface area (Å²) in [5.41, 5.74) is 2.23. The fourth-order valence-corrected chi connectivity index (χ4v) is 1.65. The minimum Gasteiger partial charge on any atom is -0.352 e. The number of benzene rings is 1. The third-order valence-electron chi connectivity index (χ3n) is 2.72. The minimum absolute atomic E-state index is 0.0906. The Balaban J connectivity index is 1.76. The van der Waals surface area contributed by atoms with Gasteiger partial charge < -0.3 is 10.3 Å². The molecule has 1 amide bonds. The second-order valence-corrected chi connectivity index (χ2v) is 4.32. The summed E-state index contributed by atoms with van der Waals surface area (Å²) in [6, 6.07) is 8.02. The van der Waals surface area contributed by atoms with Crippen LogP contribution in [0.5, 0.6) is 0 Å². The number of aromatic nitrogens is 2. The van der Waals surface area contributed by atoms with E-state index in [1.54, 1.807) is 18.5 Å². The number of imidazole rings is 1. The molecule has 98 valence electrons. The Morgan fingerprint density at radius 2 is 2.16 bits per heavy atom. The predicted octanol–water partition coefficient (Wildman–Crippen LogP) is 2.09. The zero-order chi connectivity index (χ0) is 13.5. The second-order valence-electron chi connectivity index (χ2n) is 4.32. The number of rotatable bonds is 5. The van der Waals surface area contributed by atoms with Crippen LogP contribution >= 0.6 is 0 Å². The molecule has 2 N–H and O–H groups in total. The topological polar surface area (TPSA) is 57.8 Å². The van der Waals surface area contributed by atoms with Gasteiger partial charge in [0.05, 0.1) is 0 Å². The third kappa shape index (κ3) is 4.43. The average Bonchev–Trinajstić information content (AvgIpc) is 2.91. The van der Waals surface area contributed by atoms with Crippen molar-refractivity contribution < 1.29 is 4.79 Å². The maximum atomic E-state index is 11.6. The summed E-state index contributed by atoms with van der Waals surface area (Å²) >= 11 is 0. The van der Waals surface area contributed by atoms with Crippen molar-refractivity contribution in [2.24, 2.45) is 0 Å². The maximum Gasteiger partial charge on any atom is 0.244 e. The lowest BCUT2D eigenvalue weighted by Crippen LogP contribution is -2.23. The zero-order valence-electron chi connectivity index (χ0n) is 10.9. The number of aryl methyl sites for hydroxylation is 1. The highest BCUT2D eigenvalue weighted by atomic mass is 16.1. The first-order chi connectivity index (χ1) is 9.24. The van der Waals surface area contributed by atoms with Gasteiger partial charge in [-0.2, -0.15) is 0 Å². The first-order valence-corrected chi connectivity index (χ1v) is 6.25. The van der Waals surface area contributed by atoms with Crippen molar-refractivity contribution >= 4 is 12.0 Å². The van der Waals surface area contributed by atoms with Crippen LogP contribution in [0.3, 0.4) is 0 Å². The molecule has 0 radical (unpaired) electrons. The Kier molecular flexibility index (Phi) is 4.50. The average molecular weight is 255 g/mol. The maximum absolute atomic E-state index is 11.6. The molecule has 0 aliphatic heterocycles. The Labute approximate surface area is 112 Å². The van der Waals surface area contributed by atoms with Gasteiger partial charge >= 0.3 is 0 Å². The van der Waals surface area contributed by atoms with Crippen molar-refractivity contribution in [2.45, 2.75) is 13.3 Å². The molecule has 19 heavy (non-hydrogen) atoms. The summed E-state index contributed by atoms with van der Waals surface area (Å²) in [6.45, 7) is 2.61. The van der Waals surface area contributed by atoms with Gasteiger partial charge in [-0.25, -0.2) is 4.98 Å². The van der Waals surface area contributed by atoms with Gasteiger partial charge in [-0.15, -0.1) is 0 Å². The third-order valence-corrected chi connectivity index (χ3v) is 2.72. The number of carbonyl (C=O) groups excluding carboxylic acids is 1. The number of H-pyrrole nitrogens is 1. The molecule has 1 aromatic heterocycles. The number of hydrogen-bond acceptors (Lipinski definition) is 2. The molecular formula is C15H17N3O. The van der Waals surface area contributed by atoms with E-state index in [0.29, 0.717) is 13.0 Å². The van der Waals surface area contributed by atoms with Crippen molar-refractivity contribution in [3.63, 3.8) is 0 Å². The summed E-state index contributed by atoms with van der Waals surface area (Å²) in [4.78, 5) is 18.7. The van der Waals surface area contributed by atoms with E-state index in [9.17, 15) is 4.79 Å². The van der Waals surface area contributed by atoms with Gasteiger partial charge in [-0.05, 0) is 18.6 Å². The largest absolute Gasteiger partial charge is 0.352 e. The normalized spacial score (nSPS) is 10.8. The van der Waals surface area contributed by atoms with Crippen LogP contribution in [0.1, 0.15) is 17.0 Å². The highest BCUT2D eigenvalue weighted by Crippen LogP contribution is 2.04. The Hall–Kier alpha value is -2.36. The number of hydrogen-bond donors (Lipinski definition) is 2. The van der Waals surface area contributed by atoms with E-state index < -0.39 is 0 Å². The van der Waals surface area contributed by atoms with Gasteiger partial charge in [-0.1, -0.05) is 29.8 Å². The number of carbonyl (C=O) groups is 1. The number of nitrogens with one attached hydrogen (secondary N) is 2. The van der Waals surface area contributed by atoms with Gasteiger partial charge in [0, 0.05) is 31.4 Å². The molecule has 0 saturated heterocycles. The number of nitrogens with zero attached hydrogens (tertiary/aromatic N) is 1. The standard InChI is InChI=1S/C15H17N3O/c1-12-2-4-13(5-3-12)6-7-15(19)18-9-8-14-16-10-11-17-14/h2-7,10-11H,8-9H2,1H3,(H,16,17)(H,18,19)/b7-6+. The van der Waals surface area contributed by atoms with Gasteiger partial charge in [0.2, 0.25) is 5.91 Å². The molecule has 0 bridgehead atoms. The fourth-order valence-electron chi connectivity index (χ4n) is 1.65. The lowest BCUT2D eigenvalue weighted by atomic mass is 10.1. The van der Waals surface area contributed by atoms with Crippen LogP contribution in [-0.4, -0.2) is 22.4 Å². The second kappa shape index (κ2) is 6.54. The quantitative estimate of drug-likeness (QED) is 0.804. The van der Waals surface area contributed by atoms with E-state index in [0.717, 1.165) is 11.4 Å². The summed E-state index contributed by atoms with van der Waals surface area (Å²) in [5, 5.41) is 2.82. The van der Waals surface area contributed by atoms with Crippen LogP contribution in [0, 0.1) is 6.92 Å². The highest BCUT2D eigenvalue weighted by Gasteiger charge is 1.97. The highest BCUT2D eigenvalue weighted by molar-refractivity contribution is 5.91. The molecular weight excluding hydrogens is 238 g/mol. The van der Waals surface area contributed by atoms with E-state index in [4.69, 9.17) is 0 Å². The molecule has 0 spiro atoms. The first-order valence-electron chi connectivity index (χ1n) is 6.25. The van der Waals surface area contributed by atoms with E-state index >= 15 is 0 Å². The first kappa shape index (κ1) is 13.1. The SMILES string of the molecule is Cc1ccc(/C=C/C(=O)NCCc2ncc[nH]2)cc1. The van der Waals surface area contributed by atoms with Crippen molar-refractivity contribution in [3.05, 3.63) is 59.7 Å². The minimum atomic E-state index is -0.0906. The lowest BCUT2D eigenvalue weighted by molar-refractivity contribution is -0.116. The molecule has 0 aliphatic carbocycles. The molecule has 0 fully saturated rings. The van der Waals surface area contributed by atoms with Gasteiger partial charge in [0.15, 0.2) is 0 Å². The Morgan fingerprint density at radius 1 is 1.37 bits per heavy atom. The van der Waals surface area contributed by atoms with Crippen molar-refractivity contribution in [3.8, 4) is 0 Å². The van der Waals surface area contributed by atoms with Crippen LogP contribution in [0.4, 0.5) is 0 Å². The number of amides is 1. The van der Waals surface area contributed by atoms with Crippen LogP contribution < -0.4 is 5.32 Å². The molecule has 4 nitrogen and oxygen atoms in total. The molecule has 4 heteroatoms. The van der Waals surface area contributed by atoms with Gasteiger partial charge in [-0.3, -0.25) is 4.79 Å². The van der Waals surface area contributed by atoms with Crippen LogP contribution in [0.25, 0.3) is 6.08 Å². The van der Waals surface area contributed by atoms with Gasteiger partial charge in [0.1, 0.15) is 5.82 Å². The summed E-state index contributed by atoms with van der Waals surface area (Å²) in [6.07, 6.45) is 7.54. The molecule has 1 heterocycles. The van der Waals surface area contributed by atoms with Crippen LogP contribution in [0.15, 0.2) is 42.7 Å². The van der Waals surface area contributed by atoms with Crippen LogP contribution in [0.2, 0.25) is 0 Å². The zero-order valence-corrected chi connectivity index (χ0v) is 10.9. The number of aromatic amines is 1. The molecule has 1 aromatic carbocycles. The van der Waals surface area contributed by atoms with E-state index in [-0.39, 0.29) is 5.91 Å². The summed E-state index contributed by atoms with van der Waals surface area (Å²) in [7, 11) is 0. The molecule has 0 atom stereocenters. The Bertz CT molecular complexity index is 541. The van der Waals surface area contributed by atoms with E-state index in [1.165, 1.54) is 5.56 Å². The molecule has 0 saturated carbocycles. The Morgan fingerprint density at radius 3 is 2.84 bits per heavy atom. The van der Waals surface area contributed by atoms with E-state index in [1.807, 2.05) is 37.3 Å². The molecule has 0 unspecified atom stereocenters. The van der Waals surface area contributed by atoms with Crippen molar-refractivity contribution in [1.82, 2.24) is 15.3 Å². The van der Waals surface area contributed by atoms with E-state index in [2.05, 4.69) is 15.3 Å². The fraction of sp³-hybridized carbons (Fsp3) is 0.200. The van der Waals surface area contributed by atoms with Crippen molar-refractivity contribution in [1.29, 1.82) is 0 Å². The van der Waals surface area contributed by atoms with Crippen molar-refractivity contribution in [2.75, 3.05) is 6.54 Å². The molecule has 0 aliphatic rings. The molecule has 2 aromatic rings. The molecule has 2 rings (SSSR count). The van der Waals surface area contributed by atoms with Crippen LogP contribution in [-0.2, 0) is 11.2 Å². The smallest absolute Gasteiger partial charge is 0.244 e. The monoisotopic (exact) mass is 255 g/mol. The lowest BCUT2D eigenvalue weighted by Gasteiger charge is -2.00. The summed E-state index contributed by atoms with van der Waals surface area (Å²) in [5.74, 6) is 0.787. The predicted molar refractivity (Wildman–Crippen MR) is 75.5 cm³/mol. The van der Waals surface area contributed by atoms with Gasteiger partial charge in [0.25, 0.3) is 0 Å².